The molecule has 0 aromatic heterocycles. The maximum Gasteiger partial charge on any atom is 0.410 e. The van der Waals surface area contributed by atoms with E-state index < -0.39 is 5.60 Å². The Balaban J connectivity index is 1.84. The molecule has 2 atom stereocenters. The Morgan fingerprint density at radius 1 is 1.42 bits per heavy atom. The molecule has 5 nitrogen and oxygen atoms in total. The molecule has 0 radical (unpaired) electrons. The van der Waals surface area contributed by atoms with Gasteiger partial charge >= 0.3 is 6.09 Å². The summed E-state index contributed by atoms with van der Waals surface area (Å²) < 4.78 is 11.6. The van der Waals surface area contributed by atoms with Gasteiger partial charge in [0.25, 0.3) is 0 Å². The molecule has 0 aliphatic carbocycles. The number of nitrogens with zero attached hydrogens (tertiary/aromatic N) is 2. The summed E-state index contributed by atoms with van der Waals surface area (Å²) in [5.74, 6) is 0. The number of likely N-dealkylation sites (tertiary alicyclic amines) is 1. The van der Waals surface area contributed by atoms with Gasteiger partial charge in [0.05, 0.1) is 24.3 Å². The Labute approximate surface area is 143 Å². The Morgan fingerprint density at radius 2 is 2.21 bits per heavy atom. The van der Waals surface area contributed by atoms with Crippen LogP contribution in [0.4, 0.5) is 4.79 Å². The molecule has 1 fully saturated rings. The van der Waals surface area contributed by atoms with Crippen molar-refractivity contribution in [3.8, 4) is 6.07 Å². The van der Waals surface area contributed by atoms with Crippen LogP contribution in [-0.4, -0.2) is 35.8 Å². The summed E-state index contributed by atoms with van der Waals surface area (Å²) in [4.78, 5) is 14.3. The van der Waals surface area contributed by atoms with Crippen LogP contribution in [-0.2, 0) is 15.9 Å². The van der Waals surface area contributed by atoms with Gasteiger partial charge in [-0.2, -0.15) is 5.26 Å². The summed E-state index contributed by atoms with van der Waals surface area (Å²) in [6, 6.07) is 7.93. The predicted molar refractivity (Wildman–Crippen MR) is 89.5 cm³/mol. The van der Waals surface area contributed by atoms with E-state index in [0.717, 1.165) is 30.4 Å². The highest BCUT2D eigenvalue weighted by Crippen LogP contribution is 2.37. The molecule has 1 aromatic carbocycles. The Hall–Kier alpha value is -2.06. The number of hydrogen-bond donors (Lipinski definition) is 0. The largest absolute Gasteiger partial charge is 0.444 e. The van der Waals surface area contributed by atoms with Gasteiger partial charge in [0.1, 0.15) is 11.7 Å². The fourth-order valence-corrected chi connectivity index (χ4v) is 3.53. The van der Waals surface area contributed by atoms with Gasteiger partial charge in [0, 0.05) is 6.54 Å². The molecule has 2 heterocycles. The van der Waals surface area contributed by atoms with Gasteiger partial charge in [-0.3, -0.25) is 0 Å². The van der Waals surface area contributed by atoms with Gasteiger partial charge in [-0.25, -0.2) is 4.79 Å². The maximum absolute atomic E-state index is 12.5. The van der Waals surface area contributed by atoms with Crippen molar-refractivity contribution in [2.24, 2.45) is 0 Å². The van der Waals surface area contributed by atoms with Gasteiger partial charge in [0.2, 0.25) is 0 Å². The lowest BCUT2D eigenvalue weighted by molar-refractivity contribution is -0.0265. The van der Waals surface area contributed by atoms with Gasteiger partial charge in [0.15, 0.2) is 0 Å². The highest BCUT2D eigenvalue weighted by Gasteiger charge is 2.40. The number of carbonyl (C=O) groups excluding carboxylic acids is 1. The first-order valence-electron chi connectivity index (χ1n) is 8.53. The number of rotatable bonds is 1. The van der Waals surface area contributed by atoms with Crippen LogP contribution >= 0.6 is 0 Å². The van der Waals surface area contributed by atoms with E-state index in [1.807, 2.05) is 43.9 Å². The third-order valence-corrected chi connectivity index (χ3v) is 4.52. The monoisotopic (exact) mass is 328 g/mol. The van der Waals surface area contributed by atoms with E-state index in [0.29, 0.717) is 18.7 Å². The summed E-state index contributed by atoms with van der Waals surface area (Å²) in [5, 5.41) is 9.09. The quantitative estimate of drug-likeness (QED) is 0.790. The summed E-state index contributed by atoms with van der Waals surface area (Å²) in [6.07, 6.45) is 2.25. The molecule has 128 valence electrons. The predicted octanol–water partition coefficient (Wildman–Crippen LogP) is 3.57. The third kappa shape index (κ3) is 3.39. The molecule has 0 saturated carbocycles. The van der Waals surface area contributed by atoms with Crippen LogP contribution in [0.15, 0.2) is 18.2 Å². The Bertz CT molecular complexity index is 672. The molecular formula is C19H24N2O3. The number of nitriles is 1. The molecule has 2 aliphatic heterocycles. The molecule has 3 rings (SSSR count). The number of fused-ring (bicyclic) bond motifs is 1. The molecule has 0 bridgehead atoms. The minimum atomic E-state index is -0.503. The van der Waals surface area contributed by atoms with Crippen molar-refractivity contribution in [3.05, 3.63) is 34.9 Å². The van der Waals surface area contributed by atoms with Crippen molar-refractivity contribution in [2.45, 2.75) is 57.8 Å². The fraction of sp³-hybridized carbons (Fsp3) is 0.579. The molecule has 1 unspecified atom stereocenters. The molecule has 1 aromatic rings. The molecule has 5 heteroatoms. The fourth-order valence-electron chi connectivity index (χ4n) is 3.53. The van der Waals surface area contributed by atoms with Crippen molar-refractivity contribution >= 4 is 6.09 Å². The average molecular weight is 328 g/mol. The molecule has 0 spiro atoms. The van der Waals surface area contributed by atoms with E-state index >= 15 is 0 Å². The van der Waals surface area contributed by atoms with Crippen LogP contribution in [0.5, 0.6) is 0 Å². The first kappa shape index (κ1) is 16.8. The number of benzene rings is 1. The van der Waals surface area contributed by atoms with E-state index in [-0.39, 0.29) is 18.2 Å². The lowest BCUT2D eigenvalue weighted by Crippen LogP contribution is -2.43. The number of carbonyl (C=O) groups is 1. The lowest BCUT2D eigenvalue weighted by Gasteiger charge is -2.36. The van der Waals surface area contributed by atoms with E-state index in [9.17, 15) is 4.79 Å². The average Bonchev–Trinajstić information content (AvgIpc) is 3.01. The molecule has 1 amide bonds. The van der Waals surface area contributed by atoms with Crippen molar-refractivity contribution in [2.75, 3.05) is 13.2 Å². The van der Waals surface area contributed by atoms with Crippen LogP contribution in [0, 0.1) is 11.3 Å². The minimum absolute atomic E-state index is 0.00756. The maximum atomic E-state index is 12.5. The van der Waals surface area contributed by atoms with Gasteiger partial charge in [-0.15, -0.1) is 0 Å². The highest BCUT2D eigenvalue weighted by atomic mass is 16.6. The van der Waals surface area contributed by atoms with Gasteiger partial charge in [-0.05, 0) is 63.3 Å². The second kappa shape index (κ2) is 6.45. The Kier molecular flexibility index (Phi) is 4.51. The smallest absolute Gasteiger partial charge is 0.410 e. The van der Waals surface area contributed by atoms with E-state index in [1.165, 1.54) is 0 Å². The van der Waals surface area contributed by atoms with Gasteiger partial charge in [-0.1, -0.05) is 6.07 Å². The van der Waals surface area contributed by atoms with Crippen LogP contribution < -0.4 is 0 Å². The van der Waals surface area contributed by atoms with E-state index in [1.54, 1.807) is 0 Å². The molecule has 2 aliphatic rings. The van der Waals surface area contributed by atoms with E-state index in [4.69, 9.17) is 14.7 Å². The van der Waals surface area contributed by atoms with Crippen LogP contribution in [0.1, 0.15) is 56.4 Å². The zero-order valence-electron chi connectivity index (χ0n) is 14.5. The number of amides is 1. The summed E-state index contributed by atoms with van der Waals surface area (Å²) in [6.45, 7) is 6.96. The zero-order valence-corrected chi connectivity index (χ0v) is 14.5. The highest BCUT2D eigenvalue weighted by molar-refractivity contribution is 5.69. The second-order valence-corrected chi connectivity index (χ2v) is 7.45. The first-order chi connectivity index (χ1) is 11.4. The van der Waals surface area contributed by atoms with Crippen molar-refractivity contribution in [1.82, 2.24) is 4.90 Å². The molecule has 0 N–H and O–H groups in total. The number of hydrogen-bond acceptors (Lipinski definition) is 4. The molecule has 1 saturated heterocycles. The minimum Gasteiger partial charge on any atom is -0.444 e. The normalized spacial score (nSPS) is 23.5. The van der Waals surface area contributed by atoms with Crippen molar-refractivity contribution < 1.29 is 14.3 Å². The second-order valence-electron chi connectivity index (χ2n) is 7.45. The topological polar surface area (TPSA) is 62.6 Å². The molecule has 24 heavy (non-hydrogen) atoms. The summed E-state index contributed by atoms with van der Waals surface area (Å²) in [7, 11) is 0. The van der Waals surface area contributed by atoms with Crippen LogP contribution in [0.25, 0.3) is 0 Å². The van der Waals surface area contributed by atoms with E-state index in [2.05, 4.69) is 6.07 Å². The first-order valence-corrected chi connectivity index (χ1v) is 8.53. The van der Waals surface area contributed by atoms with Crippen molar-refractivity contribution in [1.29, 1.82) is 5.26 Å². The van der Waals surface area contributed by atoms with Crippen LogP contribution in [0.3, 0.4) is 0 Å². The van der Waals surface area contributed by atoms with Crippen molar-refractivity contribution in [3.63, 3.8) is 0 Å². The van der Waals surface area contributed by atoms with Gasteiger partial charge < -0.3 is 14.4 Å². The number of ether oxygens (including phenoxy) is 2. The summed E-state index contributed by atoms with van der Waals surface area (Å²) in [5.41, 5.74) is 2.42. The Morgan fingerprint density at radius 3 is 2.92 bits per heavy atom. The van der Waals surface area contributed by atoms with Crippen LogP contribution in [0.2, 0.25) is 0 Å². The lowest BCUT2D eigenvalue weighted by atomic mass is 9.91. The SMILES string of the molecule is CC(C)(C)OC(=O)N1CCC[C@H]1C1OCCc2cc(C#N)ccc21. The standard InChI is InChI=1S/C19H24N2O3/c1-19(2,3)24-18(22)21-9-4-5-16(21)17-15-7-6-13(12-20)11-14(15)8-10-23-17/h6-7,11,16-17H,4-5,8-10H2,1-3H3/t16-,17?/m0/s1. The third-order valence-electron chi connectivity index (χ3n) is 4.52. The summed E-state index contributed by atoms with van der Waals surface area (Å²) >= 11 is 0. The molecular weight excluding hydrogens is 304 g/mol. The zero-order chi connectivity index (χ0) is 17.3.